The van der Waals surface area contributed by atoms with Crippen LogP contribution in [0.5, 0.6) is 0 Å². The number of fused-ring (bicyclic) bond motifs is 1. The Morgan fingerprint density at radius 1 is 1.47 bits per heavy atom. The number of nitrogens with zero attached hydrogens (tertiary/aromatic N) is 3. The average molecular weight is 282 g/mol. The van der Waals surface area contributed by atoms with Crippen molar-refractivity contribution in [2.45, 2.75) is 12.6 Å². The summed E-state index contributed by atoms with van der Waals surface area (Å²) in [6, 6.07) is 1.70. The summed E-state index contributed by atoms with van der Waals surface area (Å²) < 4.78 is 28.8. The smallest absolute Gasteiger partial charge is 0.149 e. The highest BCUT2D eigenvalue weighted by Gasteiger charge is 2.26. The summed E-state index contributed by atoms with van der Waals surface area (Å²) >= 11 is 6.06. The van der Waals surface area contributed by atoms with Gasteiger partial charge in [0.15, 0.2) is 0 Å². The van der Waals surface area contributed by atoms with Gasteiger partial charge in [-0.2, -0.15) is 0 Å². The average Bonchev–Trinajstić information content (AvgIpc) is 2.68. The molecule has 0 amide bonds. The minimum absolute atomic E-state index is 0.120. The van der Waals surface area contributed by atoms with Gasteiger partial charge in [-0.05, 0) is 12.1 Å². The molecule has 3 rings (SSSR count). The molecule has 6 heteroatoms. The number of hydrogen-bond acceptors (Lipinski definition) is 2. The summed E-state index contributed by atoms with van der Waals surface area (Å²) in [6.07, 6.45) is 2.83. The number of halogens is 3. The topological polar surface area (TPSA) is 30.7 Å². The van der Waals surface area contributed by atoms with Crippen molar-refractivity contribution < 1.29 is 8.78 Å². The molecule has 0 saturated heterocycles. The first-order chi connectivity index (χ1) is 9.08. The highest BCUT2D eigenvalue weighted by Crippen LogP contribution is 2.33. The van der Waals surface area contributed by atoms with E-state index < -0.39 is 12.0 Å². The lowest BCUT2D eigenvalue weighted by Crippen LogP contribution is -2.12. The molecule has 0 N–H and O–H groups in total. The molecule has 2 aromatic rings. The Labute approximate surface area is 113 Å². The predicted molar refractivity (Wildman–Crippen MR) is 69.1 cm³/mol. The van der Waals surface area contributed by atoms with Crippen molar-refractivity contribution in [2.24, 2.45) is 7.05 Å². The Morgan fingerprint density at radius 3 is 3.00 bits per heavy atom. The van der Waals surface area contributed by atoms with Crippen molar-refractivity contribution in [3.05, 3.63) is 40.9 Å². The number of hydrogen-bond donors (Lipinski definition) is 0. The van der Waals surface area contributed by atoms with Crippen LogP contribution in [0.1, 0.15) is 11.4 Å². The van der Waals surface area contributed by atoms with Crippen molar-refractivity contribution in [2.75, 3.05) is 0 Å². The van der Waals surface area contributed by atoms with Gasteiger partial charge in [-0.3, -0.25) is 4.98 Å². The summed E-state index contributed by atoms with van der Waals surface area (Å²) in [5, 5.41) is 0.425. The first-order valence-electron chi connectivity index (χ1n) is 5.75. The number of pyridine rings is 1. The van der Waals surface area contributed by atoms with Crippen molar-refractivity contribution >= 4 is 17.4 Å². The van der Waals surface area contributed by atoms with Crippen LogP contribution in [0.3, 0.4) is 0 Å². The van der Waals surface area contributed by atoms with E-state index in [4.69, 9.17) is 11.6 Å². The molecule has 0 radical (unpaired) electrons. The fourth-order valence-electron chi connectivity index (χ4n) is 2.24. The molecule has 1 unspecified atom stereocenters. The second-order valence-corrected chi connectivity index (χ2v) is 4.79. The quantitative estimate of drug-likeness (QED) is 0.803. The maximum atomic E-state index is 13.7. The molecule has 0 spiro atoms. The van der Waals surface area contributed by atoms with Gasteiger partial charge in [0.2, 0.25) is 0 Å². The number of imidazole rings is 1. The second-order valence-electron chi connectivity index (χ2n) is 4.38. The Kier molecular flexibility index (Phi) is 2.86. The van der Waals surface area contributed by atoms with E-state index >= 15 is 0 Å². The maximum absolute atomic E-state index is 13.7. The molecule has 0 fully saturated rings. The van der Waals surface area contributed by atoms with E-state index in [1.807, 2.05) is 0 Å². The van der Waals surface area contributed by atoms with E-state index in [1.165, 1.54) is 6.20 Å². The highest BCUT2D eigenvalue weighted by atomic mass is 35.5. The SMILES string of the molecule is Cn1c(-c2ccncc2Cl)nc2c1CC(F)C=C2F. The molecule has 3 nitrogen and oxygen atoms in total. The number of aromatic nitrogens is 3. The molecule has 0 saturated carbocycles. The Bertz CT molecular complexity index is 679. The fourth-order valence-corrected chi connectivity index (χ4v) is 2.44. The Balaban J connectivity index is 2.19. The van der Waals surface area contributed by atoms with Crippen molar-refractivity contribution in [3.8, 4) is 11.4 Å². The van der Waals surface area contributed by atoms with Gasteiger partial charge in [0, 0.05) is 31.4 Å². The second kappa shape index (κ2) is 4.42. The van der Waals surface area contributed by atoms with E-state index in [1.54, 1.807) is 23.9 Å². The molecule has 1 aliphatic rings. The largest absolute Gasteiger partial charge is 0.330 e. The summed E-state index contributed by atoms with van der Waals surface area (Å²) in [7, 11) is 1.73. The van der Waals surface area contributed by atoms with Crippen molar-refractivity contribution in [1.29, 1.82) is 0 Å². The van der Waals surface area contributed by atoms with Crippen LogP contribution in [0.2, 0.25) is 5.02 Å². The van der Waals surface area contributed by atoms with Gasteiger partial charge in [-0.1, -0.05) is 11.6 Å². The minimum atomic E-state index is -1.32. The molecular formula is C13H10ClF2N3. The van der Waals surface area contributed by atoms with E-state index in [9.17, 15) is 8.78 Å². The molecule has 1 atom stereocenters. The first-order valence-corrected chi connectivity index (χ1v) is 6.13. The van der Waals surface area contributed by atoms with E-state index in [-0.39, 0.29) is 12.1 Å². The van der Waals surface area contributed by atoms with Crippen LogP contribution >= 0.6 is 11.6 Å². The van der Waals surface area contributed by atoms with E-state index in [2.05, 4.69) is 9.97 Å². The molecule has 19 heavy (non-hydrogen) atoms. The third-order valence-electron chi connectivity index (χ3n) is 3.17. The molecule has 98 valence electrons. The molecule has 0 aliphatic heterocycles. The molecule has 2 aromatic heterocycles. The van der Waals surface area contributed by atoms with Gasteiger partial charge in [-0.15, -0.1) is 0 Å². The fraction of sp³-hybridized carbons (Fsp3) is 0.231. The van der Waals surface area contributed by atoms with E-state index in [0.717, 1.165) is 6.08 Å². The summed E-state index contributed by atoms with van der Waals surface area (Å²) in [4.78, 5) is 8.13. The van der Waals surface area contributed by atoms with Gasteiger partial charge >= 0.3 is 0 Å². The van der Waals surface area contributed by atoms with Crippen molar-refractivity contribution in [1.82, 2.24) is 14.5 Å². The third-order valence-corrected chi connectivity index (χ3v) is 3.47. The zero-order chi connectivity index (χ0) is 13.6. The summed E-state index contributed by atoms with van der Waals surface area (Å²) in [5.74, 6) is -0.115. The lowest BCUT2D eigenvalue weighted by Gasteiger charge is -2.12. The monoisotopic (exact) mass is 281 g/mol. The van der Waals surface area contributed by atoms with Gasteiger partial charge in [-0.25, -0.2) is 13.8 Å². The van der Waals surface area contributed by atoms with Crippen LogP contribution in [0.15, 0.2) is 24.5 Å². The summed E-state index contributed by atoms with van der Waals surface area (Å²) in [6.45, 7) is 0. The van der Waals surface area contributed by atoms with Crippen molar-refractivity contribution in [3.63, 3.8) is 0 Å². The zero-order valence-electron chi connectivity index (χ0n) is 10.1. The van der Waals surface area contributed by atoms with Crippen LogP contribution in [-0.4, -0.2) is 20.7 Å². The molecule has 2 heterocycles. The molecule has 0 aromatic carbocycles. The van der Waals surface area contributed by atoms with Gasteiger partial charge < -0.3 is 4.57 Å². The number of allylic oxidation sites excluding steroid dienone is 1. The van der Waals surface area contributed by atoms with Crippen LogP contribution in [0.25, 0.3) is 17.2 Å². The molecular weight excluding hydrogens is 272 g/mol. The predicted octanol–water partition coefficient (Wildman–Crippen LogP) is 3.34. The number of rotatable bonds is 1. The maximum Gasteiger partial charge on any atom is 0.149 e. The normalized spacial score (nSPS) is 18.1. The lowest BCUT2D eigenvalue weighted by atomic mass is 10.1. The van der Waals surface area contributed by atoms with Gasteiger partial charge in [0.05, 0.1) is 10.7 Å². The molecule has 1 aliphatic carbocycles. The minimum Gasteiger partial charge on any atom is -0.330 e. The standard InChI is InChI=1S/C13H10ClF2N3/c1-19-11-5-7(15)4-10(16)12(11)18-13(19)8-2-3-17-6-9(8)14/h2-4,6-7H,5H2,1H3. The number of alkyl halides is 1. The summed E-state index contributed by atoms with van der Waals surface area (Å²) in [5.41, 5.74) is 1.38. The van der Waals surface area contributed by atoms with Crippen LogP contribution in [0, 0.1) is 0 Å². The van der Waals surface area contributed by atoms with Crippen LogP contribution in [0.4, 0.5) is 8.78 Å². The Morgan fingerprint density at radius 2 is 2.26 bits per heavy atom. The lowest BCUT2D eigenvalue weighted by molar-refractivity contribution is 0.386. The van der Waals surface area contributed by atoms with Gasteiger partial charge in [0.1, 0.15) is 23.5 Å². The third kappa shape index (κ3) is 1.94. The zero-order valence-corrected chi connectivity index (χ0v) is 10.8. The van der Waals surface area contributed by atoms with Crippen LogP contribution in [-0.2, 0) is 13.5 Å². The van der Waals surface area contributed by atoms with Gasteiger partial charge in [0.25, 0.3) is 0 Å². The van der Waals surface area contributed by atoms with Crippen LogP contribution < -0.4 is 0 Å². The Hall–Kier alpha value is -1.75. The van der Waals surface area contributed by atoms with E-state index in [0.29, 0.717) is 22.1 Å². The first kappa shape index (κ1) is 12.3. The molecule has 0 bridgehead atoms. The highest BCUT2D eigenvalue weighted by molar-refractivity contribution is 6.33.